The Balaban J connectivity index is 1.89. The van der Waals surface area contributed by atoms with Crippen LogP contribution in [0.1, 0.15) is 31.7 Å². The lowest BCUT2D eigenvalue weighted by atomic mass is 10.1. The van der Waals surface area contributed by atoms with E-state index in [1.165, 1.54) is 4.31 Å². The Morgan fingerprint density at radius 1 is 1.21 bits per heavy atom. The van der Waals surface area contributed by atoms with Gasteiger partial charge in [-0.15, -0.1) is 0 Å². The predicted octanol–water partition coefficient (Wildman–Crippen LogP) is 1.56. The molecule has 1 aliphatic heterocycles. The number of carbonyl (C=O) groups is 1. The van der Waals surface area contributed by atoms with E-state index < -0.39 is 10.0 Å². The number of nitrogens with zero attached hydrogens (tertiary/aromatic N) is 1. The van der Waals surface area contributed by atoms with Gasteiger partial charge in [0.2, 0.25) is 15.9 Å². The van der Waals surface area contributed by atoms with E-state index in [1.807, 2.05) is 0 Å². The van der Waals surface area contributed by atoms with E-state index in [-0.39, 0.29) is 5.91 Å². The van der Waals surface area contributed by atoms with Crippen LogP contribution in [-0.2, 0) is 26.0 Å². The van der Waals surface area contributed by atoms with Crippen LogP contribution in [0.4, 0.5) is 0 Å². The summed E-state index contributed by atoms with van der Waals surface area (Å²) in [6, 6.07) is 6.81. The maximum atomic E-state index is 12.5. The summed E-state index contributed by atoms with van der Waals surface area (Å²) in [7, 11) is -3.45. The van der Waals surface area contributed by atoms with Crippen LogP contribution in [0, 0.1) is 0 Å². The molecule has 1 aromatic carbocycles. The molecule has 0 unspecified atom stereocenters. The van der Waals surface area contributed by atoms with Gasteiger partial charge in [0.25, 0.3) is 0 Å². The molecular weight excluding hydrogens is 328 g/mol. The van der Waals surface area contributed by atoms with Gasteiger partial charge >= 0.3 is 0 Å². The first-order chi connectivity index (χ1) is 11.5. The molecule has 7 heteroatoms. The van der Waals surface area contributed by atoms with Crippen LogP contribution in [0.3, 0.4) is 0 Å². The highest BCUT2D eigenvalue weighted by Crippen LogP contribution is 2.18. The van der Waals surface area contributed by atoms with Gasteiger partial charge < -0.3 is 10.1 Å². The summed E-state index contributed by atoms with van der Waals surface area (Å²) in [4.78, 5) is 12.0. The molecule has 6 nitrogen and oxygen atoms in total. The maximum absolute atomic E-state index is 12.5. The van der Waals surface area contributed by atoms with Gasteiger partial charge in [-0.25, -0.2) is 8.42 Å². The smallest absolute Gasteiger partial charge is 0.243 e. The Bertz CT molecular complexity index is 622. The highest BCUT2D eigenvalue weighted by atomic mass is 32.2. The van der Waals surface area contributed by atoms with Crippen LogP contribution in [0.2, 0.25) is 0 Å². The molecule has 0 bridgehead atoms. The maximum Gasteiger partial charge on any atom is 0.243 e. The molecule has 1 heterocycles. The van der Waals surface area contributed by atoms with Crippen molar-refractivity contribution < 1.29 is 17.9 Å². The molecule has 2 rings (SSSR count). The number of hydrogen-bond acceptors (Lipinski definition) is 4. The number of aryl methyl sites for hydroxylation is 1. The molecule has 1 fully saturated rings. The number of amides is 1. The third kappa shape index (κ3) is 5.29. The number of unbranched alkanes of at least 4 members (excludes halogenated alkanes) is 1. The lowest BCUT2D eigenvalue weighted by Crippen LogP contribution is -2.40. The number of ether oxygens (including phenoxy) is 1. The third-order valence-corrected chi connectivity index (χ3v) is 5.94. The van der Waals surface area contributed by atoms with E-state index in [0.29, 0.717) is 50.6 Å². The average molecular weight is 354 g/mol. The molecule has 0 aliphatic carbocycles. The highest BCUT2D eigenvalue weighted by Gasteiger charge is 2.25. The van der Waals surface area contributed by atoms with Gasteiger partial charge in [-0.2, -0.15) is 4.31 Å². The van der Waals surface area contributed by atoms with Crippen LogP contribution in [0.15, 0.2) is 29.2 Å². The first-order valence-corrected chi connectivity index (χ1v) is 9.91. The number of benzene rings is 1. The van der Waals surface area contributed by atoms with Gasteiger partial charge in [0.1, 0.15) is 0 Å². The molecule has 1 aliphatic rings. The van der Waals surface area contributed by atoms with Crippen molar-refractivity contribution in [2.45, 2.75) is 37.5 Å². The monoisotopic (exact) mass is 354 g/mol. The van der Waals surface area contributed by atoms with Gasteiger partial charge in [0, 0.05) is 26.1 Å². The molecule has 24 heavy (non-hydrogen) atoms. The molecule has 1 N–H and O–H groups in total. The fraction of sp³-hybridized carbons (Fsp3) is 0.588. The summed E-state index contributed by atoms with van der Waals surface area (Å²) in [5, 5.41) is 2.88. The topological polar surface area (TPSA) is 75.7 Å². The minimum atomic E-state index is -3.45. The second-order valence-corrected chi connectivity index (χ2v) is 7.80. The molecule has 1 aromatic rings. The lowest BCUT2D eigenvalue weighted by molar-refractivity contribution is -0.121. The van der Waals surface area contributed by atoms with Gasteiger partial charge in [0.15, 0.2) is 0 Å². The lowest BCUT2D eigenvalue weighted by Gasteiger charge is -2.26. The van der Waals surface area contributed by atoms with E-state index in [0.717, 1.165) is 18.4 Å². The predicted molar refractivity (Wildman–Crippen MR) is 92.3 cm³/mol. The average Bonchev–Trinajstić information content (AvgIpc) is 2.61. The van der Waals surface area contributed by atoms with Crippen molar-refractivity contribution in [3.63, 3.8) is 0 Å². The Morgan fingerprint density at radius 2 is 1.88 bits per heavy atom. The molecule has 0 radical (unpaired) electrons. The second kappa shape index (κ2) is 9.15. The van der Waals surface area contributed by atoms with Crippen LogP contribution in [0.5, 0.6) is 0 Å². The van der Waals surface area contributed by atoms with Crippen LogP contribution < -0.4 is 5.32 Å². The summed E-state index contributed by atoms with van der Waals surface area (Å²) in [5.74, 6) is 0.0356. The molecule has 0 aromatic heterocycles. The van der Waals surface area contributed by atoms with Crippen molar-refractivity contribution in [2.24, 2.45) is 0 Å². The van der Waals surface area contributed by atoms with Gasteiger partial charge in [-0.3, -0.25) is 4.79 Å². The zero-order valence-corrected chi connectivity index (χ0v) is 15.0. The van der Waals surface area contributed by atoms with Crippen molar-refractivity contribution in [3.05, 3.63) is 29.8 Å². The van der Waals surface area contributed by atoms with Crippen LogP contribution >= 0.6 is 0 Å². The van der Waals surface area contributed by atoms with Gasteiger partial charge in [-0.05, 0) is 30.5 Å². The molecule has 0 saturated carbocycles. The van der Waals surface area contributed by atoms with Crippen molar-refractivity contribution in [1.82, 2.24) is 9.62 Å². The third-order valence-electron chi connectivity index (χ3n) is 4.02. The number of hydrogen-bond donors (Lipinski definition) is 1. The second-order valence-electron chi connectivity index (χ2n) is 5.86. The van der Waals surface area contributed by atoms with E-state index in [9.17, 15) is 13.2 Å². The Hall–Kier alpha value is -1.44. The SMILES string of the molecule is CCCCNC(=O)CCc1ccc(S(=O)(=O)N2CCOCC2)cc1. The largest absolute Gasteiger partial charge is 0.379 e. The number of rotatable bonds is 8. The molecule has 134 valence electrons. The number of sulfonamides is 1. The van der Waals surface area contributed by atoms with Crippen molar-refractivity contribution in [2.75, 3.05) is 32.8 Å². The van der Waals surface area contributed by atoms with Crippen molar-refractivity contribution >= 4 is 15.9 Å². The molecule has 1 saturated heterocycles. The molecule has 1 amide bonds. The Kier molecular flexibility index (Phi) is 7.20. The summed E-state index contributed by atoms with van der Waals surface area (Å²) in [6.07, 6.45) is 3.06. The van der Waals surface area contributed by atoms with Crippen LogP contribution in [-0.4, -0.2) is 51.5 Å². The number of nitrogens with one attached hydrogen (secondary N) is 1. The molecular formula is C17H26N2O4S. The summed E-state index contributed by atoms with van der Waals surface area (Å²) < 4.78 is 31.7. The van der Waals surface area contributed by atoms with Crippen molar-refractivity contribution in [3.8, 4) is 0 Å². The normalized spacial score (nSPS) is 16.0. The zero-order chi connectivity index (χ0) is 17.4. The Morgan fingerprint density at radius 3 is 2.50 bits per heavy atom. The molecule has 0 atom stereocenters. The number of carbonyl (C=O) groups excluding carboxylic acids is 1. The summed E-state index contributed by atoms with van der Waals surface area (Å²) >= 11 is 0. The minimum absolute atomic E-state index is 0.0356. The Labute approximate surface area is 144 Å². The summed E-state index contributed by atoms with van der Waals surface area (Å²) in [6.45, 7) is 4.45. The van der Waals surface area contributed by atoms with Crippen LogP contribution in [0.25, 0.3) is 0 Å². The summed E-state index contributed by atoms with van der Waals surface area (Å²) in [5.41, 5.74) is 0.960. The van der Waals surface area contributed by atoms with E-state index in [2.05, 4.69) is 12.2 Å². The fourth-order valence-corrected chi connectivity index (χ4v) is 3.92. The van der Waals surface area contributed by atoms with E-state index in [4.69, 9.17) is 4.74 Å². The first-order valence-electron chi connectivity index (χ1n) is 8.47. The number of morpholine rings is 1. The zero-order valence-electron chi connectivity index (χ0n) is 14.2. The standard InChI is InChI=1S/C17H26N2O4S/c1-2-3-10-18-17(20)9-6-15-4-7-16(8-5-15)24(21,22)19-11-13-23-14-12-19/h4-5,7-8H,2-3,6,9-14H2,1H3,(H,18,20). The van der Waals surface area contributed by atoms with E-state index in [1.54, 1.807) is 24.3 Å². The van der Waals surface area contributed by atoms with E-state index >= 15 is 0 Å². The molecule has 0 spiro atoms. The fourth-order valence-electron chi connectivity index (χ4n) is 2.51. The highest BCUT2D eigenvalue weighted by molar-refractivity contribution is 7.89. The van der Waals surface area contributed by atoms with Gasteiger partial charge in [-0.1, -0.05) is 25.5 Å². The first kappa shape index (κ1) is 18.9. The quantitative estimate of drug-likeness (QED) is 0.719. The van der Waals surface area contributed by atoms with Gasteiger partial charge in [0.05, 0.1) is 18.1 Å². The van der Waals surface area contributed by atoms with Crippen molar-refractivity contribution in [1.29, 1.82) is 0 Å². The minimum Gasteiger partial charge on any atom is -0.379 e.